The zero-order valence-corrected chi connectivity index (χ0v) is 16.8. The van der Waals surface area contributed by atoms with Crippen molar-refractivity contribution < 1.29 is 14.3 Å². The van der Waals surface area contributed by atoms with Crippen LogP contribution < -0.4 is 5.32 Å². The van der Waals surface area contributed by atoms with Crippen LogP contribution in [-0.4, -0.2) is 35.5 Å². The van der Waals surface area contributed by atoms with E-state index in [0.29, 0.717) is 33.9 Å². The van der Waals surface area contributed by atoms with Gasteiger partial charge in [0.15, 0.2) is 0 Å². The third-order valence-corrected chi connectivity index (χ3v) is 5.37. The van der Waals surface area contributed by atoms with E-state index in [-0.39, 0.29) is 11.7 Å². The zero-order valence-electron chi connectivity index (χ0n) is 16.0. The fourth-order valence-electron chi connectivity index (χ4n) is 2.93. The maximum Gasteiger partial charge on any atom is 0.413 e. The second kappa shape index (κ2) is 9.22. The molecule has 150 valence electrons. The van der Waals surface area contributed by atoms with E-state index in [1.807, 2.05) is 11.4 Å². The van der Waals surface area contributed by atoms with Gasteiger partial charge in [-0.2, -0.15) is 0 Å². The van der Waals surface area contributed by atoms with Crippen molar-refractivity contribution in [2.75, 3.05) is 19.0 Å². The van der Waals surface area contributed by atoms with Crippen LogP contribution in [0.5, 0.6) is 0 Å². The summed E-state index contributed by atoms with van der Waals surface area (Å²) in [6.45, 7) is 2.57. The molecular weight excluding hydrogens is 392 g/mol. The second-order valence-electron chi connectivity index (χ2n) is 6.63. The number of methoxy groups -OCH3 is 1. The Morgan fingerprint density at radius 2 is 2.24 bits per heavy atom. The summed E-state index contributed by atoms with van der Waals surface area (Å²) >= 11 is 1.41. The second-order valence-corrected chi connectivity index (χ2v) is 7.55. The zero-order chi connectivity index (χ0) is 20.8. The summed E-state index contributed by atoms with van der Waals surface area (Å²) in [5.74, 6) is 0.548. The number of ketones is 1. The number of imidazole rings is 1. The van der Waals surface area contributed by atoms with Crippen LogP contribution in [0.3, 0.4) is 0 Å². The van der Waals surface area contributed by atoms with Crippen LogP contribution >= 0.6 is 11.3 Å². The van der Waals surface area contributed by atoms with E-state index in [4.69, 9.17) is 5.53 Å². The van der Waals surface area contributed by atoms with Gasteiger partial charge in [0, 0.05) is 17.0 Å². The number of ether oxygens (including phenoxy) is 1. The number of anilines is 1. The molecule has 3 rings (SSSR count). The fraction of sp³-hybridized carbons (Fsp3) is 0.316. The Kier molecular flexibility index (Phi) is 6.48. The van der Waals surface area contributed by atoms with Crippen LogP contribution in [0.2, 0.25) is 0 Å². The minimum absolute atomic E-state index is 0.0676. The Balaban J connectivity index is 1.71. The van der Waals surface area contributed by atoms with Crippen LogP contribution in [0.15, 0.2) is 34.8 Å². The number of H-pyrrole nitrogens is 1. The molecule has 3 aromatic rings. The number of carbonyl (C=O) groups excluding carboxylic acids is 2. The van der Waals surface area contributed by atoms with Gasteiger partial charge in [-0.3, -0.25) is 10.1 Å². The van der Waals surface area contributed by atoms with E-state index in [0.717, 1.165) is 18.4 Å². The maximum atomic E-state index is 12.9. The quantitative estimate of drug-likeness (QED) is 0.235. The van der Waals surface area contributed by atoms with Crippen molar-refractivity contribution in [1.82, 2.24) is 9.97 Å². The Bertz CT molecular complexity index is 1080. The molecule has 29 heavy (non-hydrogen) atoms. The van der Waals surface area contributed by atoms with Crippen molar-refractivity contribution in [3.8, 4) is 0 Å². The molecule has 1 atom stereocenters. The van der Waals surface area contributed by atoms with Crippen LogP contribution in [-0.2, 0) is 11.2 Å². The number of amides is 1. The summed E-state index contributed by atoms with van der Waals surface area (Å²) in [6.07, 6.45) is 1.01. The number of benzene rings is 1. The minimum atomic E-state index is -0.625. The van der Waals surface area contributed by atoms with Crippen molar-refractivity contribution in [3.63, 3.8) is 0 Å². The predicted octanol–water partition coefficient (Wildman–Crippen LogP) is 4.91. The van der Waals surface area contributed by atoms with Crippen molar-refractivity contribution in [3.05, 3.63) is 56.1 Å². The van der Waals surface area contributed by atoms with Crippen molar-refractivity contribution in [1.29, 1.82) is 0 Å². The molecule has 1 amide bonds. The average Bonchev–Trinajstić information content (AvgIpc) is 3.33. The van der Waals surface area contributed by atoms with Crippen molar-refractivity contribution >= 4 is 40.2 Å². The van der Waals surface area contributed by atoms with E-state index in [1.54, 1.807) is 18.2 Å². The lowest BCUT2D eigenvalue weighted by atomic mass is 9.99. The Hall–Kier alpha value is -3.36. The molecule has 2 aromatic heterocycles. The summed E-state index contributed by atoms with van der Waals surface area (Å²) < 4.78 is 4.54. The molecule has 10 heteroatoms. The molecule has 0 fully saturated rings. The van der Waals surface area contributed by atoms with Gasteiger partial charge in [-0.25, -0.2) is 9.78 Å². The summed E-state index contributed by atoms with van der Waals surface area (Å²) in [4.78, 5) is 34.8. The van der Waals surface area contributed by atoms with Crippen LogP contribution in [0, 0.1) is 5.92 Å². The predicted molar refractivity (Wildman–Crippen MR) is 111 cm³/mol. The van der Waals surface area contributed by atoms with Crippen LogP contribution in [0.4, 0.5) is 10.7 Å². The number of rotatable bonds is 8. The van der Waals surface area contributed by atoms with Gasteiger partial charge in [0.1, 0.15) is 0 Å². The monoisotopic (exact) mass is 412 g/mol. The lowest BCUT2D eigenvalue weighted by molar-refractivity contribution is 0.104. The lowest BCUT2D eigenvalue weighted by Gasteiger charge is -2.07. The van der Waals surface area contributed by atoms with E-state index in [1.165, 1.54) is 18.4 Å². The smallest absolute Gasteiger partial charge is 0.413 e. The van der Waals surface area contributed by atoms with E-state index in [9.17, 15) is 9.59 Å². The molecule has 2 heterocycles. The topological polar surface area (TPSA) is 133 Å². The molecule has 9 nitrogen and oxygen atoms in total. The highest BCUT2D eigenvalue weighted by atomic mass is 32.1. The van der Waals surface area contributed by atoms with Gasteiger partial charge in [-0.15, -0.1) is 11.3 Å². The minimum Gasteiger partial charge on any atom is -0.453 e. The van der Waals surface area contributed by atoms with Gasteiger partial charge in [0.2, 0.25) is 11.7 Å². The molecule has 2 N–H and O–H groups in total. The molecule has 1 aromatic carbocycles. The number of carbonyl (C=O) groups is 2. The van der Waals surface area contributed by atoms with Gasteiger partial charge in [-0.05, 0) is 59.5 Å². The highest BCUT2D eigenvalue weighted by Crippen LogP contribution is 2.24. The first-order chi connectivity index (χ1) is 14.0. The lowest BCUT2D eigenvalue weighted by Crippen LogP contribution is -2.11. The standard InChI is InChI=1S/C19H20N6O3S/c1-11(5-6-21-25-20)7-12-8-16(29-10-12)17(26)13-3-4-14-15(9-13)23-18(22-14)24-19(27)28-2/h3-4,8-11H,5-7H2,1-2H3,(H2,22,23,24,27). The SMILES string of the molecule is COC(=O)Nc1nc2ccc(C(=O)c3cc(CC(C)CCN=[N+]=[N-])cs3)cc2[nH]1. The first-order valence-electron chi connectivity index (χ1n) is 8.98. The highest BCUT2D eigenvalue weighted by molar-refractivity contribution is 7.12. The van der Waals surface area contributed by atoms with Crippen LogP contribution in [0.25, 0.3) is 21.5 Å². The van der Waals surface area contributed by atoms with Crippen molar-refractivity contribution in [2.24, 2.45) is 11.0 Å². The van der Waals surface area contributed by atoms with Gasteiger partial charge in [0.05, 0.1) is 23.0 Å². The molecule has 0 bridgehead atoms. The first kappa shape index (κ1) is 20.4. The van der Waals surface area contributed by atoms with Gasteiger partial charge in [0.25, 0.3) is 0 Å². The van der Waals surface area contributed by atoms with E-state index < -0.39 is 6.09 Å². The molecule has 1 unspecified atom stereocenters. The fourth-order valence-corrected chi connectivity index (χ4v) is 3.82. The third kappa shape index (κ3) is 5.13. The highest BCUT2D eigenvalue weighted by Gasteiger charge is 2.15. The van der Waals surface area contributed by atoms with Crippen molar-refractivity contribution in [2.45, 2.75) is 19.8 Å². The molecule has 0 radical (unpaired) electrons. The number of hydrogen-bond acceptors (Lipinski definition) is 6. The summed E-state index contributed by atoms with van der Waals surface area (Å²) in [5.41, 5.74) is 11.3. The number of azide groups is 1. The Morgan fingerprint density at radius 3 is 3.00 bits per heavy atom. The van der Waals surface area contributed by atoms with E-state index >= 15 is 0 Å². The molecule has 0 aliphatic carbocycles. The van der Waals surface area contributed by atoms with Crippen LogP contribution in [0.1, 0.15) is 34.1 Å². The largest absolute Gasteiger partial charge is 0.453 e. The van der Waals surface area contributed by atoms with Gasteiger partial charge >= 0.3 is 6.09 Å². The number of nitrogens with zero attached hydrogens (tertiary/aromatic N) is 4. The maximum absolute atomic E-state index is 12.9. The Morgan fingerprint density at radius 1 is 1.41 bits per heavy atom. The number of aromatic amines is 1. The van der Waals surface area contributed by atoms with E-state index in [2.05, 4.69) is 37.0 Å². The van der Waals surface area contributed by atoms with Gasteiger partial charge in [-0.1, -0.05) is 12.0 Å². The number of fused-ring (bicyclic) bond motifs is 1. The molecule has 0 aliphatic rings. The molecular formula is C19H20N6O3S. The number of thiophene rings is 1. The first-order valence-corrected chi connectivity index (χ1v) is 9.86. The average molecular weight is 412 g/mol. The number of hydrogen-bond donors (Lipinski definition) is 2. The third-order valence-electron chi connectivity index (χ3n) is 4.40. The Labute approximate surface area is 170 Å². The molecule has 0 saturated heterocycles. The summed E-state index contributed by atoms with van der Waals surface area (Å²) in [6, 6.07) is 7.08. The summed E-state index contributed by atoms with van der Waals surface area (Å²) in [7, 11) is 1.27. The number of aromatic nitrogens is 2. The van der Waals surface area contributed by atoms with Gasteiger partial charge < -0.3 is 9.72 Å². The number of nitrogens with one attached hydrogen (secondary N) is 2. The molecule has 0 spiro atoms. The molecule has 0 aliphatic heterocycles. The normalized spacial score (nSPS) is 11.7. The summed E-state index contributed by atoms with van der Waals surface area (Å²) in [5, 5.41) is 8.02. The molecule has 0 saturated carbocycles.